The van der Waals surface area contributed by atoms with E-state index in [0.717, 1.165) is 66.9 Å². The molecule has 152 valence electrons. The molecule has 7 heteroatoms. The molecule has 3 heterocycles. The van der Waals surface area contributed by atoms with Crippen LogP contribution in [0.2, 0.25) is 0 Å². The molecule has 0 amide bonds. The SMILES string of the molecule is CCN1CCN(c2nc(Nc3ccccc3)c3cnn(-c4ccccc4)c3n2)CC1. The molecule has 1 aliphatic heterocycles. The highest BCUT2D eigenvalue weighted by Crippen LogP contribution is 2.28. The number of hydrogen-bond donors (Lipinski definition) is 1. The number of para-hydroxylation sites is 2. The second kappa shape index (κ2) is 8.12. The summed E-state index contributed by atoms with van der Waals surface area (Å²) in [6.45, 7) is 7.18. The summed E-state index contributed by atoms with van der Waals surface area (Å²) >= 11 is 0. The maximum atomic E-state index is 4.95. The molecule has 5 rings (SSSR count). The number of hydrogen-bond acceptors (Lipinski definition) is 6. The van der Waals surface area contributed by atoms with Gasteiger partial charge in [-0.1, -0.05) is 43.3 Å². The van der Waals surface area contributed by atoms with Gasteiger partial charge in [0.25, 0.3) is 0 Å². The monoisotopic (exact) mass is 399 g/mol. The van der Waals surface area contributed by atoms with Crippen molar-refractivity contribution < 1.29 is 0 Å². The van der Waals surface area contributed by atoms with Crippen molar-refractivity contribution in [1.82, 2.24) is 24.6 Å². The number of likely N-dealkylation sites (N-methyl/N-ethyl adjacent to an activating group) is 1. The van der Waals surface area contributed by atoms with Crippen molar-refractivity contribution in [3.05, 3.63) is 66.9 Å². The van der Waals surface area contributed by atoms with E-state index in [1.165, 1.54) is 0 Å². The molecule has 1 saturated heterocycles. The molecule has 2 aromatic heterocycles. The fourth-order valence-corrected chi connectivity index (χ4v) is 3.81. The molecule has 0 atom stereocenters. The van der Waals surface area contributed by atoms with E-state index in [4.69, 9.17) is 9.97 Å². The molecule has 2 aromatic carbocycles. The molecular formula is C23H25N7. The third kappa shape index (κ3) is 3.59. The van der Waals surface area contributed by atoms with E-state index in [2.05, 4.69) is 27.1 Å². The van der Waals surface area contributed by atoms with E-state index >= 15 is 0 Å². The van der Waals surface area contributed by atoms with E-state index in [1.807, 2.05) is 71.5 Å². The second-order valence-electron chi connectivity index (χ2n) is 7.41. The number of nitrogens with zero attached hydrogens (tertiary/aromatic N) is 6. The Labute approximate surface area is 176 Å². The van der Waals surface area contributed by atoms with E-state index in [0.29, 0.717) is 0 Å². The first-order valence-corrected chi connectivity index (χ1v) is 10.4. The van der Waals surface area contributed by atoms with Crippen LogP contribution in [-0.2, 0) is 0 Å². The lowest BCUT2D eigenvalue weighted by Crippen LogP contribution is -2.46. The van der Waals surface area contributed by atoms with Gasteiger partial charge in [-0.25, -0.2) is 4.68 Å². The zero-order chi connectivity index (χ0) is 20.3. The smallest absolute Gasteiger partial charge is 0.229 e. The zero-order valence-corrected chi connectivity index (χ0v) is 17.1. The standard InChI is InChI=1S/C23H25N7/c1-2-28-13-15-29(16-14-28)23-26-21(25-18-9-5-3-6-10-18)20-17-24-30(22(20)27-23)19-11-7-4-8-12-19/h3-12,17H,2,13-16H2,1H3,(H,25,26,27). The first kappa shape index (κ1) is 18.6. The summed E-state index contributed by atoms with van der Waals surface area (Å²) in [5.74, 6) is 1.52. The first-order chi connectivity index (χ1) is 14.8. The van der Waals surface area contributed by atoms with Crippen molar-refractivity contribution in [3.63, 3.8) is 0 Å². The van der Waals surface area contributed by atoms with E-state index < -0.39 is 0 Å². The summed E-state index contributed by atoms with van der Waals surface area (Å²) in [7, 11) is 0. The van der Waals surface area contributed by atoms with Crippen LogP contribution in [0.1, 0.15) is 6.92 Å². The summed E-state index contributed by atoms with van der Waals surface area (Å²) < 4.78 is 1.89. The molecule has 4 aromatic rings. The minimum atomic E-state index is 0.745. The van der Waals surface area contributed by atoms with Crippen LogP contribution in [0.3, 0.4) is 0 Å². The number of piperazine rings is 1. The molecule has 0 unspecified atom stereocenters. The van der Waals surface area contributed by atoms with Gasteiger partial charge in [0, 0.05) is 31.9 Å². The first-order valence-electron chi connectivity index (χ1n) is 10.4. The fourth-order valence-electron chi connectivity index (χ4n) is 3.81. The second-order valence-corrected chi connectivity index (χ2v) is 7.41. The topological polar surface area (TPSA) is 62.1 Å². The molecule has 0 saturated carbocycles. The van der Waals surface area contributed by atoms with Crippen molar-refractivity contribution >= 4 is 28.5 Å². The van der Waals surface area contributed by atoms with Crippen LogP contribution in [0.5, 0.6) is 0 Å². The highest BCUT2D eigenvalue weighted by molar-refractivity contribution is 5.90. The maximum absolute atomic E-state index is 4.95. The molecule has 0 aliphatic carbocycles. The van der Waals surface area contributed by atoms with Gasteiger partial charge in [-0.05, 0) is 30.8 Å². The lowest BCUT2D eigenvalue weighted by molar-refractivity contribution is 0.270. The summed E-state index contributed by atoms with van der Waals surface area (Å²) in [4.78, 5) is 14.6. The molecule has 0 bridgehead atoms. The van der Waals surface area contributed by atoms with Crippen LogP contribution < -0.4 is 10.2 Å². The van der Waals surface area contributed by atoms with Crippen LogP contribution in [0, 0.1) is 0 Å². The average Bonchev–Trinajstić information content (AvgIpc) is 3.25. The number of benzene rings is 2. The van der Waals surface area contributed by atoms with E-state index in [9.17, 15) is 0 Å². The quantitative estimate of drug-likeness (QED) is 0.552. The fraction of sp³-hybridized carbons (Fsp3) is 0.261. The van der Waals surface area contributed by atoms with Crippen molar-refractivity contribution in [2.75, 3.05) is 42.9 Å². The van der Waals surface area contributed by atoms with Gasteiger partial charge in [0.05, 0.1) is 17.3 Å². The summed E-state index contributed by atoms with van der Waals surface area (Å²) in [5, 5.41) is 9.00. The lowest BCUT2D eigenvalue weighted by Gasteiger charge is -2.34. The van der Waals surface area contributed by atoms with Crippen molar-refractivity contribution in [2.24, 2.45) is 0 Å². The molecule has 1 N–H and O–H groups in total. The van der Waals surface area contributed by atoms with E-state index in [-0.39, 0.29) is 0 Å². The van der Waals surface area contributed by atoms with Gasteiger partial charge in [-0.15, -0.1) is 0 Å². The maximum Gasteiger partial charge on any atom is 0.229 e. The van der Waals surface area contributed by atoms with Gasteiger partial charge in [0.15, 0.2) is 5.65 Å². The van der Waals surface area contributed by atoms with Gasteiger partial charge in [-0.3, -0.25) is 0 Å². The van der Waals surface area contributed by atoms with Crippen molar-refractivity contribution in [1.29, 1.82) is 0 Å². The summed E-state index contributed by atoms with van der Waals surface area (Å²) in [6, 6.07) is 20.2. The van der Waals surface area contributed by atoms with Crippen LogP contribution in [0.15, 0.2) is 66.9 Å². The Balaban J connectivity index is 1.59. The van der Waals surface area contributed by atoms with Crippen LogP contribution in [0.25, 0.3) is 16.7 Å². The molecule has 7 nitrogen and oxygen atoms in total. The predicted molar refractivity (Wildman–Crippen MR) is 121 cm³/mol. The molecule has 0 radical (unpaired) electrons. The van der Waals surface area contributed by atoms with Crippen molar-refractivity contribution in [3.8, 4) is 5.69 Å². The third-order valence-corrected chi connectivity index (χ3v) is 5.56. The number of rotatable bonds is 5. The summed E-state index contributed by atoms with van der Waals surface area (Å²) in [6.07, 6.45) is 1.84. The van der Waals surface area contributed by atoms with Crippen LogP contribution >= 0.6 is 0 Å². The largest absolute Gasteiger partial charge is 0.339 e. The van der Waals surface area contributed by atoms with Gasteiger partial charge in [0.1, 0.15) is 5.82 Å². The Morgan fingerprint density at radius 3 is 2.27 bits per heavy atom. The van der Waals surface area contributed by atoms with Gasteiger partial charge in [-0.2, -0.15) is 15.1 Å². The third-order valence-electron chi connectivity index (χ3n) is 5.56. The van der Waals surface area contributed by atoms with Gasteiger partial charge >= 0.3 is 0 Å². The predicted octanol–water partition coefficient (Wildman–Crippen LogP) is 3.70. The van der Waals surface area contributed by atoms with Crippen molar-refractivity contribution in [2.45, 2.75) is 6.92 Å². The molecule has 1 aliphatic rings. The number of aromatic nitrogens is 4. The molecule has 0 spiro atoms. The number of fused-ring (bicyclic) bond motifs is 1. The number of nitrogens with one attached hydrogen (secondary N) is 1. The number of anilines is 3. The Kier molecular flexibility index (Phi) is 5.03. The van der Waals surface area contributed by atoms with E-state index in [1.54, 1.807) is 0 Å². The lowest BCUT2D eigenvalue weighted by atomic mass is 10.3. The van der Waals surface area contributed by atoms with Crippen LogP contribution in [-0.4, -0.2) is 57.4 Å². The van der Waals surface area contributed by atoms with Gasteiger partial charge in [0.2, 0.25) is 5.95 Å². The van der Waals surface area contributed by atoms with Crippen LogP contribution in [0.4, 0.5) is 17.5 Å². The summed E-state index contributed by atoms with van der Waals surface area (Å²) in [5.41, 5.74) is 2.79. The average molecular weight is 400 g/mol. The Hall–Kier alpha value is -3.45. The Morgan fingerprint density at radius 2 is 1.57 bits per heavy atom. The Morgan fingerprint density at radius 1 is 0.867 bits per heavy atom. The minimum Gasteiger partial charge on any atom is -0.339 e. The highest BCUT2D eigenvalue weighted by atomic mass is 15.4. The van der Waals surface area contributed by atoms with Gasteiger partial charge < -0.3 is 15.1 Å². The zero-order valence-electron chi connectivity index (χ0n) is 17.1. The Bertz CT molecular complexity index is 1120. The molecule has 1 fully saturated rings. The normalized spacial score (nSPS) is 14.9. The molecule has 30 heavy (non-hydrogen) atoms. The molecular weight excluding hydrogens is 374 g/mol. The highest BCUT2D eigenvalue weighted by Gasteiger charge is 2.21. The minimum absolute atomic E-state index is 0.745.